The Morgan fingerprint density at radius 2 is 2.18 bits per heavy atom. The summed E-state index contributed by atoms with van der Waals surface area (Å²) < 4.78 is 7.42. The number of nitrogens with zero attached hydrogens (tertiary/aromatic N) is 3. The highest BCUT2D eigenvalue weighted by atomic mass is 32.1. The molecule has 1 saturated heterocycles. The van der Waals surface area contributed by atoms with Gasteiger partial charge in [-0.1, -0.05) is 6.07 Å². The van der Waals surface area contributed by atoms with Crippen LogP contribution in [0.25, 0.3) is 0 Å². The molecule has 1 aliphatic rings. The number of ether oxygens (including phenoxy) is 1. The predicted molar refractivity (Wildman–Crippen MR) is 89.5 cm³/mol. The summed E-state index contributed by atoms with van der Waals surface area (Å²) in [5, 5.41) is 4.14. The van der Waals surface area contributed by atoms with Gasteiger partial charge in [-0.3, -0.25) is 4.98 Å². The van der Waals surface area contributed by atoms with Crippen LogP contribution in [0.2, 0.25) is 0 Å². The third-order valence-electron chi connectivity index (χ3n) is 4.04. The number of nitrogens with one attached hydrogen (secondary N) is 1. The van der Waals surface area contributed by atoms with E-state index in [-0.39, 0.29) is 12.1 Å². The molecule has 2 aromatic rings. The second-order valence-corrected chi connectivity index (χ2v) is 5.74. The lowest BCUT2D eigenvalue weighted by Crippen LogP contribution is -2.26. The van der Waals surface area contributed by atoms with E-state index in [1.165, 1.54) is 5.69 Å². The molecular formula is C16H20N4OS. The zero-order valence-corrected chi connectivity index (χ0v) is 13.6. The molecule has 3 heterocycles. The molecule has 0 unspecified atom stereocenters. The van der Waals surface area contributed by atoms with Gasteiger partial charge in [0, 0.05) is 38.8 Å². The Labute approximate surface area is 135 Å². The lowest BCUT2D eigenvalue weighted by atomic mass is 10.0. The predicted octanol–water partition coefficient (Wildman–Crippen LogP) is 2.13. The van der Waals surface area contributed by atoms with Crippen molar-refractivity contribution in [1.29, 1.82) is 0 Å². The first-order valence-corrected chi connectivity index (χ1v) is 7.71. The van der Waals surface area contributed by atoms with Crippen LogP contribution in [0.5, 0.6) is 0 Å². The fourth-order valence-corrected chi connectivity index (χ4v) is 3.16. The van der Waals surface area contributed by atoms with E-state index < -0.39 is 0 Å². The molecule has 0 spiro atoms. The third kappa shape index (κ3) is 2.71. The van der Waals surface area contributed by atoms with Gasteiger partial charge in [0.05, 0.1) is 24.4 Å². The van der Waals surface area contributed by atoms with E-state index >= 15 is 0 Å². The molecule has 1 N–H and O–H groups in total. The number of hydrogen-bond donors (Lipinski definition) is 1. The van der Waals surface area contributed by atoms with Crippen LogP contribution in [-0.4, -0.2) is 40.3 Å². The van der Waals surface area contributed by atoms with Crippen molar-refractivity contribution in [3.8, 4) is 0 Å². The maximum Gasteiger partial charge on any atom is 0.169 e. The van der Waals surface area contributed by atoms with Crippen molar-refractivity contribution in [1.82, 2.24) is 19.8 Å². The number of aromatic nitrogens is 2. The van der Waals surface area contributed by atoms with Crippen molar-refractivity contribution in [3.05, 3.63) is 54.1 Å². The first kappa shape index (κ1) is 15.0. The monoisotopic (exact) mass is 316 g/mol. The molecule has 0 bridgehead atoms. The molecule has 6 heteroatoms. The molecule has 22 heavy (non-hydrogen) atoms. The van der Waals surface area contributed by atoms with Gasteiger partial charge in [0.25, 0.3) is 0 Å². The summed E-state index contributed by atoms with van der Waals surface area (Å²) >= 11 is 5.45. The van der Waals surface area contributed by atoms with Crippen molar-refractivity contribution in [2.24, 2.45) is 0 Å². The molecule has 116 valence electrons. The van der Waals surface area contributed by atoms with Gasteiger partial charge in [0.1, 0.15) is 0 Å². The average molecular weight is 316 g/mol. The van der Waals surface area contributed by atoms with Crippen molar-refractivity contribution in [2.45, 2.75) is 18.6 Å². The van der Waals surface area contributed by atoms with Gasteiger partial charge in [-0.15, -0.1) is 0 Å². The molecule has 3 rings (SSSR count). The molecule has 0 amide bonds. The molecule has 1 fully saturated rings. The molecule has 0 aliphatic carbocycles. The van der Waals surface area contributed by atoms with E-state index in [4.69, 9.17) is 17.0 Å². The van der Waals surface area contributed by atoms with E-state index in [1.807, 2.05) is 31.4 Å². The standard InChI is InChI=1S/C16H20N4OS/c1-19-15(13-7-5-9-20(13)10-11-21-2)14(18-16(19)22)12-6-3-4-8-17-12/h3-9,14-15H,10-11H2,1-2H3,(H,18,22)/t14-,15+/m1/s1. The second kappa shape index (κ2) is 6.46. The van der Waals surface area contributed by atoms with Gasteiger partial charge >= 0.3 is 0 Å². The first-order valence-electron chi connectivity index (χ1n) is 7.30. The molecular weight excluding hydrogens is 296 g/mol. The van der Waals surface area contributed by atoms with Gasteiger partial charge < -0.3 is 19.5 Å². The summed E-state index contributed by atoms with van der Waals surface area (Å²) in [5.41, 5.74) is 2.21. The minimum absolute atomic E-state index is 0.0508. The summed E-state index contributed by atoms with van der Waals surface area (Å²) in [7, 11) is 3.74. The minimum Gasteiger partial charge on any atom is -0.383 e. The fraction of sp³-hybridized carbons (Fsp3) is 0.375. The van der Waals surface area contributed by atoms with Crippen LogP contribution >= 0.6 is 12.2 Å². The second-order valence-electron chi connectivity index (χ2n) is 5.36. The third-order valence-corrected chi connectivity index (χ3v) is 4.45. The van der Waals surface area contributed by atoms with Crippen LogP contribution in [0.1, 0.15) is 23.5 Å². The maximum atomic E-state index is 5.45. The highest BCUT2D eigenvalue weighted by molar-refractivity contribution is 7.80. The lowest BCUT2D eigenvalue weighted by Gasteiger charge is -2.25. The summed E-state index contributed by atoms with van der Waals surface area (Å²) in [6.45, 7) is 1.51. The van der Waals surface area contributed by atoms with Crippen molar-refractivity contribution in [2.75, 3.05) is 20.8 Å². The van der Waals surface area contributed by atoms with Crippen molar-refractivity contribution >= 4 is 17.3 Å². The van der Waals surface area contributed by atoms with Gasteiger partial charge in [0.15, 0.2) is 5.11 Å². The average Bonchev–Trinajstić information content (AvgIpc) is 3.11. The maximum absolute atomic E-state index is 5.45. The molecule has 2 aromatic heterocycles. The van der Waals surface area contributed by atoms with Gasteiger partial charge in [-0.2, -0.15) is 0 Å². The Balaban J connectivity index is 1.95. The highest BCUT2D eigenvalue weighted by Crippen LogP contribution is 2.37. The number of methoxy groups -OCH3 is 1. The van der Waals surface area contributed by atoms with Crippen molar-refractivity contribution in [3.63, 3.8) is 0 Å². The molecule has 0 radical (unpaired) electrons. The van der Waals surface area contributed by atoms with E-state index in [2.05, 4.69) is 38.1 Å². The van der Waals surface area contributed by atoms with Crippen LogP contribution in [0.15, 0.2) is 42.7 Å². The van der Waals surface area contributed by atoms with Crippen molar-refractivity contribution < 1.29 is 4.74 Å². The van der Waals surface area contributed by atoms with Gasteiger partial charge in [0.2, 0.25) is 0 Å². The first-order chi connectivity index (χ1) is 10.7. The van der Waals surface area contributed by atoms with E-state index in [9.17, 15) is 0 Å². The number of likely N-dealkylation sites (N-methyl/N-ethyl adjacent to an activating group) is 1. The van der Waals surface area contributed by atoms with Crippen LogP contribution in [0, 0.1) is 0 Å². The quantitative estimate of drug-likeness (QED) is 0.856. The van der Waals surface area contributed by atoms with Crippen LogP contribution in [0.3, 0.4) is 0 Å². The number of thiocarbonyl (C=S) groups is 1. The Morgan fingerprint density at radius 3 is 2.91 bits per heavy atom. The lowest BCUT2D eigenvalue weighted by molar-refractivity contribution is 0.184. The molecule has 2 atom stereocenters. The fourth-order valence-electron chi connectivity index (χ4n) is 2.92. The van der Waals surface area contributed by atoms with Crippen LogP contribution in [-0.2, 0) is 11.3 Å². The Hall–Kier alpha value is -1.92. The SMILES string of the molecule is COCCn1cccc1[C@H]1[C@@H](c2ccccn2)NC(=S)N1C. The zero-order chi connectivity index (χ0) is 15.5. The smallest absolute Gasteiger partial charge is 0.169 e. The van der Waals surface area contributed by atoms with E-state index in [0.717, 1.165) is 17.4 Å². The Kier molecular flexibility index (Phi) is 4.40. The summed E-state index contributed by atoms with van der Waals surface area (Å²) in [5.74, 6) is 0. The minimum atomic E-state index is 0.0508. The van der Waals surface area contributed by atoms with Gasteiger partial charge in [-0.05, 0) is 36.5 Å². The van der Waals surface area contributed by atoms with Crippen LogP contribution in [0.4, 0.5) is 0 Å². The molecule has 0 saturated carbocycles. The van der Waals surface area contributed by atoms with Gasteiger partial charge in [-0.25, -0.2) is 0 Å². The van der Waals surface area contributed by atoms with Crippen LogP contribution < -0.4 is 5.32 Å². The topological polar surface area (TPSA) is 42.3 Å². The van der Waals surface area contributed by atoms with E-state index in [1.54, 1.807) is 7.11 Å². The number of pyridine rings is 1. The Morgan fingerprint density at radius 1 is 1.32 bits per heavy atom. The highest BCUT2D eigenvalue weighted by Gasteiger charge is 2.38. The summed E-state index contributed by atoms with van der Waals surface area (Å²) in [6.07, 6.45) is 3.90. The molecule has 1 aliphatic heterocycles. The van der Waals surface area contributed by atoms with E-state index in [0.29, 0.717) is 6.61 Å². The summed E-state index contributed by atoms with van der Waals surface area (Å²) in [6, 6.07) is 10.3. The Bertz CT molecular complexity index is 643. The summed E-state index contributed by atoms with van der Waals surface area (Å²) in [4.78, 5) is 6.60. The molecule has 5 nitrogen and oxygen atoms in total. The zero-order valence-electron chi connectivity index (χ0n) is 12.8. The number of rotatable bonds is 5. The largest absolute Gasteiger partial charge is 0.383 e. The number of hydrogen-bond acceptors (Lipinski definition) is 3. The molecule has 0 aromatic carbocycles. The normalized spacial score (nSPS) is 21.2.